The van der Waals surface area contributed by atoms with E-state index in [9.17, 15) is 0 Å². The normalized spacial score (nSPS) is 22.3. The quantitative estimate of drug-likeness (QED) is 0.811. The van der Waals surface area contributed by atoms with E-state index in [1.165, 1.54) is 12.8 Å². The van der Waals surface area contributed by atoms with Crippen molar-refractivity contribution >= 4 is 17.1 Å². The Balaban J connectivity index is 1.54. The van der Waals surface area contributed by atoms with E-state index < -0.39 is 0 Å². The van der Waals surface area contributed by atoms with Gasteiger partial charge < -0.3 is 14.6 Å². The molecule has 94 valence electrons. The molecule has 4 rings (SSSR count). The number of ether oxygens (including phenoxy) is 1. The Bertz CT molecular complexity index is 567. The smallest absolute Gasteiger partial charge is 0.227 e. The molecule has 2 aromatic rings. The van der Waals surface area contributed by atoms with Crippen LogP contribution in [0.3, 0.4) is 0 Å². The Morgan fingerprint density at radius 2 is 2.28 bits per heavy atom. The van der Waals surface area contributed by atoms with Crippen LogP contribution in [0.15, 0.2) is 12.5 Å². The SMILES string of the molecule is c1nc2nc(N3CC4(CCCOC4)C3)ncc2[nH]1. The number of aromatic nitrogens is 4. The van der Waals surface area contributed by atoms with Crippen LogP contribution in [0.1, 0.15) is 12.8 Å². The number of nitrogens with one attached hydrogen (secondary N) is 1. The predicted molar refractivity (Wildman–Crippen MR) is 66.4 cm³/mol. The van der Waals surface area contributed by atoms with Gasteiger partial charge in [-0.15, -0.1) is 0 Å². The van der Waals surface area contributed by atoms with E-state index in [2.05, 4.69) is 24.8 Å². The zero-order chi connectivity index (χ0) is 12.0. The van der Waals surface area contributed by atoms with Gasteiger partial charge in [-0.05, 0) is 12.8 Å². The summed E-state index contributed by atoms with van der Waals surface area (Å²) >= 11 is 0. The minimum absolute atomic E-state index is 0.349. The van der Waals surface area contributed by atoms with E-state index >= 15 is 0 Å². The largest absolute Gasteiger partial charge is 0.381 e. The molecular formula is C12H15N5O. The molecule has 18 heavy (non-hydrogen) atoms. The molecule has 0 saturated carbocycles. The molecule has 2 saturated heterocycles. The second-order valence-corrected chi connectivity index (χ2v) is 5.32. The first-order valence-corrected chi connectivity index (χ1v) is 6.34. The molecule has 0 bridgehead atoms. The molecule has 2 fully saturated rings. The van der Waals surface area contributed by atoms with Gasteiger partial charge in [0.1, 0.15) is 5.52 Å². The summed E-state index contributed by atoms with van der Waals surface area (Å²) in [4.78, 5) is 18.2. The number of hydrogen-bond acceptors (Lipinski definition) is 5. The van der Waals surface area contributed by atoms with Crippen LogP contribution < -0.4 is 4.90 Å². The minimum Gasteiger partial charge on any atom is -0.381 e. The third-order valence-electron chi connectivity index (χ3n) is 3.90. The summed E-state index contributed by atoms with van der Waals surface area (Å²) in [7, 11) is 0. The average Bonchev–Trinajstić information content (AvgIpc) is 2.84. The van der Waals surface area contributed by atoms with E-state index in [0.717, 1.165) is 43.4 Å². The lowest BCUT2D eigenvalue weighted by atomic mass is 9.76. The molecule has 4 heterocycles. The highest BCUT2D eigenvalue weighted by Gasteiger charge is 2.45. The number of hydrogen-bond donors (Lipinski definition) is 1. The number of aromatic amines is 1. The first-order valence-electron chi connectivity index (χ1n) is 6.34. The molecule has 2 aromatic heterocycles. The molecule has 2 aliphatic heterocycles. The summed E-state index contributed by atoms with van der Waals surface area (Å²) in [6, 6.07) is 0. The minimum atomic E-state index is 0.349. The maximum Gasteiger partial charge on any atom is 0.227 e. The summed E-state index contributed by atoms with van der Waals surface area (Å²) in [5, 5.41) is 0. The second kappa shape index (κ2) is 3.65. The van der Waals surface area contributed by atoms with Crippen LogP contribution in [0.5, 0.6) is 0 Å². The predicted octanol–water partition coefficient (Wildman–Crippen LogP) is 0.970. The number of fused-ring (bicyclic) bond motifs is 1. The van der Waals surface area contributed by atoms with Crippen LogP contribution in [0.2, 0.25) is 0 Å². The highest BCUT2D eigenvalue weighted by Crippen LogP contribution is 2.39. The molecule has 0 aliphatic carbocycles. The van der Waals surface area contributed by atoms with Gasteiger partial charge in [-0.2, -0.15) is 4.98 Å². The fourth-order valence-corrected chi connectivity index (χ4v) is 2.94. The number of nitrogens with zero attached hydrogens (tertiary/aromatic N) is 4. The van der Waals surface area contributed by atoms with E-state index in [4.69, 9.17) is 4.74 Å². The summed E-state index contributed by atoms with van der Waals surface area (Å²) in [5.41, 5.74) is 1.97. The van der Waals surface area contributed by atoms with E-state index in [1.807, 2.05) is 0 Å². The summed E-state index contributed by atoms with van der Waals surface area (Å²) in [6.07, 6.45) is 5.88. The van der Waals surface area contributed by atoms with Gasteiger partial charge >= 0.3 is 0 Å². The lowest BCUT2D eigenvalue weighted by Crippen LogP contribution is -2.60. The van der Waals surface area contributed by atoms with Gasteiger partial charge in [-0.3, -0.25) is 0 Å². The van der Waals surface area contributed by atoms with Crippen LogP contribution in [0, 0.1) is 5.41 Å². The van der Waals surface area contributed by atoms with Crippen LogP contribution >= 0.6 is 0 Å². The molecule has 0 aromatic carbocycles. The van der Waals surface area contributed by atoms with Gasteiger partial charge in [0.05, 0.1) is 19.1 Å². The van der Waals surface area contributed by atoms with Gasteiger partial charge in [0.15, 0.2) is 5.65 Å². The van der Waals surface area contributed by atoms with Crippen molar-refractivity contribution in [3.8, 4) is 0 Å². The molecule has 6 nitrogen and oxygen atoms in total. The fourth-order valence-electron chi connectivity index (χ4n) is 2.94. The van der Waals surface area contributed by atoms with Crippen LogP contribution in [0.25, 0.3) is 11.2 Å². The van der Waals surface area contributed by atoms with Crippen molar-refractivity contribution in [2.75, 3.05) is 31.2 Å². The summed E-state index contributed by atoms with van der Waals surface area (Å²) in [6.45, 7) is 3.80. The molecule has 0 atom stereocenters. The maximum atomic E-state index is 5.58. The molecule has 2 aliphatic rings. The average molecular weight is 245 g/mol. The standard InChI is InChI=1S/C12H15N5O/c1-2-12(7-18-3-1)5-17(6-12)11-13-4-9-10(16-11)15-8-14-9/h4,8H,1-3,5-7H2,(H,13,14,15,16). The van der Waals surface area contributed by atoms with Crippen molar-refractivity contribution in [3.05, 3.63) is 12.5 Å². The number of rotatable bonds is 1. The highest BCUT2D eigenvalue weighted by molar-refractivity contribution is 5.70. The van der Waals surface area contributed by atoms with Crippen LogP contribution in [0.4, 0.5) is 5.95 Å². The van der Waals surface area contributed by atoms with Crippen molar-refractivity contribution in [2.45, 2.75) is 12.8 Å². The lowest BCUT2D eigenvalue weighted by Gasteiger charge is -2.51. The summed E-state index contributed by atoms with van der Waals surface area (Å²) in [5.74, 6) is 0.783. The fraction of sp³-hybridized carbons (Fsp3) is 0.583. The first kappa shape index (κ1) is 10.3. The lowest BCUT2D eigenvalue weighted by molar-refractivity contribution is -0.0239. The Morgan fingerprint density at radius 1 is 1.33 bits per heavy atom. The zero-order valence-electron chi connectivity index (χ0n) is 10.1. The Hall–Kier alpha value is -1.69. The Labute approximate surface area is 104 Å². The third-order valence-corrected chi connectivity index (χ3v) is 3.90. The monoisotopic (exact) mass is 245 g/mol. The van der Waals surface area contributed by atoms with Crippen molar-refractivity contribution in [3.63, 3.8) is 0 Å². The molecule has 0 unspecified atom stereocenters. The number of imidazole rings is 1. The van der Waals surface area contributed by atoms with Crippen molar-refractivity contribution < 1.29 is 4.74 Å². The summed E-state index contributed by atoms with van der Waals surface area (Å²) < 4.78 is 5.58. The Kier molecular flexibility index (Phi) is 2.08. The number of anilines is 1. The van der Waals surface area contributed by atoms with Gasteiger partial charge in [0.25, 0.3) is 0 Å². The van der Waals surface area contributed by atoms with Crippen LogP contribution in [-0.2, 0) is 4.74 Å². The molecule has 0 radical (unpaired) electrons. The zero-order valence-corrected chi connectivity index (χ0v) is 10.1. The van der Waals surface area contributed by atoms with Crippen molar-refractivity contribution in [1.82, 2.24) is 19.9 Å². The van der Waals surface area contributed by atoms with Crippen molar-refractivity contribution in [2.24, 2.45) is 5.41 Å². The van der Waals surface area contributed by atoms with Crippen molar-refractivity contribution in [1.29, 1.82) is 0 Å². The second-order valence-electron chi connectivity index (χ2n) is 5.32. The third kappa shape index (κ3) is 1.49. The van der Waals surface area contributed by atoms with E-state index in [1.54, 1.807) is 12.5 Å². The molecule has 1 spiro atoms. The van der Waals surface area contributed by atoms with E-state index in [-0.39, 0.29) is 0 Å². The van der Waals surface area contributed by atoms with Gasteiger partial charge in [0, 0.05) is 25.1 Å². The first-order chi connectivity index (χ1) is 8.85. The van der Waals surface area contributed by atoms with Gasteiger partial charge in [0.2, 0.25) is 5.95 Å². The van der Waals surface area contributed by atoms with Gasteiger partial charge in [-0.1, -0.05) is 0 Å². The highest BCUT2D eigenvalue weighted by atomic mass is 16.5. The molecule has 0 amide bonds. The number of H-pyrrole nitrogens is 1. The molecular weight excluding hydrogens is 230 g/mol. The van der Waals surface area contributed by atoms with Gasteiger partial charge in [-0.25, -0.2) is 9.97 Å². The topological polar surface area (TPSA) is 66.9 Å². The maximum absolute atomic E-state index is 5.58. The van der Waals surface area contributed by atoms with E-state index in [0.29, 0.717) is 5.41 Å². The molecule has 6 heteroatoms. The van der Waals surface area contributed by atoms with Crippen LogP contribution in [-0.4, -0.2) is 46.2 Å². The molecule has 1 N–H and O–H groups in total. The Morgan fingerprint density at radius 3 is 3.11 bits per heavy atom.